The Morgan fingerprint density at radius 3 is 2.67 bits per heavy atom. The van der Waals surface area contributed by atoms with Crippen molar-refractivity contribution in [2.45, 2.75) is 18.4 Å². The standard InChI is InChI=1S/C21H20N2O4/c1-23-10-9-16(13-5-3-2-4-6-13)19(23)20(24)22-15-7-8-17-14(11-15)12-18(27-17)21(25)26/h2-8,11-12,16,19H,9-10H2,1H3,(H,22,24)(H,25,26). The zero-order chi connectivity index (χ0) is 19.0. The van der Waals surface area contributed by atoms with Gasteiger partial charge in [-0.1, -0.05) is 30.3 Å². The number of nitrogens with zero attached hydrogens (tertiary/aromatic N) is 1. The van der Waals surface area contributed by atoms with Gasteiger partial charge < -0.3 is 14.8 Å². The molecule has 1 fully saturated rings. The molecule has 138 valence electrons. The van der Waals surface area contributed by atoms with Gasteiger partial charge in [0.2, 0.25) is 11.7 Å². The smallest absolute Gasteiger partial charge is 0.371 e. The number of nitrogens with one attached hydrogen (secondary N) is 1. The molecule has 0 saturated carbocycles. The minimum atomic E-state index is -1.12. The van der Waals surface area contributed by atoms with Crippen LogP contribution in [-0.2, 0) is 4.79 Å². The number of rotatable bonds is 4. The van der Waals surface area contributed by atoms with Gasteiger partial charge in [-0.3, -0.25) is 9.69 Å². The minimum Gasteiger partial charge on any atom is -0.475 e. The summed E-state index contributed by atoms with van der Waals surface area (Å²) in [6, 6.07) is 16.4. The normalized spacial score (nSPS) is 20.0. The SMILES string of the molecule is CN1CCC(c2ccccc2)C1C(=O)Nc1ccc2oc(C(=O)O)cc2c1. The van der Waals surface area contributed by atoms with Crippen molar-refractivity contribution in [3.05, 3.63) is 65.9 Å². The number of aromatic carboxylic acids is 1. The molecule has 6 heteroatoms. The van der Waals surface area contributed by atoms with Gasteiger partial charge in [-0.25, -0.2) is 4.79 Å². The van der Waals surface area contributed by atoms with Crippen LogP contribution in [0, 0.1) is 0 Å². The molecule has 0 spiro atoms. The van der Waals surface area contributed by atoms with E-state index in [-0.39, 0.29) is 23.6 Å². The maximum atomic E-state index is 13.0. The number of fused-ring (bicyclic) bond motifs is 1. The van der Waals surface area contributed by atoms with Gasteiger partial charge in [-0.2, -0.15) is 0 Å². The number of likely N-dealkylation sites (N-methyl/N-ethyl adjacent to an activating group) is 1. The molecule has 2 atom stereocenters. The fraction of sp³-hybridized carbons (Fsp3) is 0.238. The van der Waals surface area contributed by atoms with Crippen LogP contribution in [0.4, 0.5) is 5.69 Å². The summed E-state index contributed by atoms with van der Waals surface area (Å²) in [5.41, 5.74) is 2.27. The Labute approximate surface area is 156 Å². The molecule has 1 saturated heterocycles. The highest BCUT2D eigenvalue weighted by atomic mass is 16.4. The number of amides is 1. The second kappa shape index (κ2) is 6.89. The first-order valence-electron chi connectivity index (χ1n) is 8.86. The van der Waals surface area contributed by atoms with Crippen molar-refractivity contribution in [1.82, 2.24) is 4.90 Å². The van der Waals surface area contributed by atoms with Crippen LogP contribution in [0.15, 0.2) is 59.0 Å². The van der Waals surface area contributed by atoms with Gasteiger partial charge in [0.25, 0.3) is 0 Å². The third-order valence-electron chi connectivity index (χ3n) is 5.14. The Bertz CT molecular complexity index is 996. The number of furan rings is 1. The van der Waals surface area contributed by atoms with E-state index in [2.05, 4.69) is 22.3 Å². The molecule has 1 amide bonds. The molecular weight excluding hydrogens is 344 g/mol. The predicted molar refractivity (Wildman–Crippen MR) is 102 cm³/mol. The quantitative estimate of drug-likeness (QED) is 0.740. The van der Waals surface area contributed by atoms with E-state index < -0.39 is 5.97 Å². The summed E-state index contributed by atoms with van der Waals surface area (Å²) < 4.78 is 5.26. The van der Waals surface area contributed by atoms with Crippen LogP contribution in [0.1, 0.15) is 28.5 Å². The predicted octanol–water partition coefficient (Wildman–Crippen LogP) is 3.56. The molecule has 0 radical (unpaired) electrons. The molecule has 2 aromatic carbocycles. The number of carboxylic acid groups (broad SMARTS) is 1. The van der Waals surface area contributed by atoms with Crippen molar-refractivity contribution in [1.29, 1.82) is 0 Å². The monoisotopic (exact) mass is 364 g/mol. The highest BCUT2D eigenvalue weighted by Crippen LogP contribution is 2.33. The summed E-state index contributed by atoms with van der Waals surface area (Å²) >= 11 is 0. The molecule has 0 bridgehead atoms. The lowest BCUT2D eigenvalue weighted by Gasteiger charge is -2.24. The zero-order valence-corrected chi connectivity index (χ0v) is 14.9. The van der Waals surface area contributed by atoms with Crippen molar-refractivity contribution in [2.24, 2.45) is 0 Å². The Hall–Kier alpha value is -3.12. The average Bonchev–Trinajstić information content (AvgIpc) is 3.25. The van der Waals surface area contributed by atoms with Crippen molar-refractivity contribution >= 4 is 28.5 Å². The van der Waals surface area contributed by atoms with Crippen molar-refractivity contribution < 1.29 is 19.1 Å². The van der Waals surface area contributed by atoms with Crippen molar-refractivity contribution in [3.63, 3.8) is 0 Å². The van der Waals surface area contributed by atoms with E-state index in [0.717, 1.165) is 13.0 Å². The molecule has 2 unspecified atom stereocenters. The van der Waals surface area contributed by atoms with E-state index in [1.807, 2.05) is 25.2 Å². The van der Waals surface area contributed by atoms with Crippen LogP contribution in [0.3, 0.4) is 0 Å². The van der Waals surface area contributed by atoms with Crippen molar-refractivity contribution in [3.8, 4) is 0 Å². The topological polar surface area (TPSA) is 82.8 Å². The lowest BCUT2D eigenvalue weighted by atomic mass is 9.91. The second-order valence-electron chi connectivity index (χ2n) is 6.89. The average molecular weight is 364 g/mol. The van der Waals surface area contributed by atoms with E-state index in [1.54, 1.807) is 18.2 Å². The fourth-order valence-electron chi connectivity index (χ4n) is 3.82. The Morgan fingerprint density at radius 1 is 1.15 bits per heavy atom. The van der Waals surface area contributed by atoms with Crippen LogP contribution in [0.5, 0.6) is 0 Å². The molecule has 2 N–H and O–H groups in total. The van der Waals surface area contributed by atoms with E-state index in [1.165, 1.54) is 11.6 Å². The van der Waals surface area contributed by atoms with Crippen LogP contribution >= 0.6 is 0 Å². The number of benzene rings is 2. The van der Waals surface area contributed by atoms with E-state index in [0.29, 0.717) is 16.7 Å². The highest BCUT2D eigenvalue weighted by molar-refractivity contribution is 5.98. The van der Waals surface area contributed by atoms with Gasteiger partial charge in [0.15, 0.2) is 0 Å². The number of anilines is 1. The molecule has 2 heterocycles. The lowest BCUT2D eigenvalue weighted by molar-refractivity contribution is -0.120. The maximum Gasteiger partial charge on any atom is 0.371 e. The minimum absolute atomic E-state index is 0.0647. The molecule has 27 heavy (non-hydrogen) atoms. The van der Waals surface area contributed by atoms with Crippen molar-refractivity contribution in [2.75, 3.05) is 18.9 Å². The Kier molecular flexibility index (Phi) is 4.41. The number of hydrogen-bond donors (Lipinski definition) is 2. The van der Waals surface area contributed by atoms with Gasteiger partial charge in [0.1, 0.15) is 5.58 Å². The number of carboxylic acids is 1. The van der Waals surface area contributed by atoms with Crippen LogP contribution in [0.2, 0.25) is 0 Å². The molecule has 4 rings (SSSR count). The molecule has 0 aliphatic carbocycles. The molecule has 1 aromatic heterocycles. The summed E-state index contributed by atoms with van der Waals surface area (Å²) in [6.45, 7) is 0.861. The first-order chi connectivity index (χ1) is 13.0. The fourth-order valence-corrected chi connectivity index (χ4v) is 3.82. The largest absolute Gasteiger partial charge is 0.475 e. The summed E-state index contributed by atoms with van der Waals surface area (Å²) in [7, 11) is 1.96. The first-order valence-corrected chi connectivity index (χ1v) is 8.86. The third-order valence-corrected chi connectivity index (χ3v) is 5.14. The van der Waals surface area contributed by atoms with Crippen LogP contribution < -0.4 is 5.32 Å². The second-order valence-corrected chi connectivity index (χ2v) is 6.89. The summed E-state index contributed by atoms with van der Waals surface area (Å²) in [4.78, 5) is 26.1. The van der Waals surface area contributed by atoms with Gasteiger partial charge in [-0.15, -0.1) is 0 Å². The molecule has 6 nitrogen and oxygen atoms in total. The number of carbonyl (C=O) groups excluding carboxylic acids is 1. The molecular formula is C21H20N2O4. The maximum absolute atomic E-state index is 13.0. The summed E-state index contributed by atoms with van der Waals surface area (Å²) in [6.07, 6.45) is 0.932. The zero-order valence-electron chi connectivity index (χ0n) is 14.9. The number of hydrogen-bond acceptors (Lipinski definition) is 4. The third kappa shape index (κ3) is 3.31. The van der Waals surface area contributed by atoms with E-state index in [4.69, 9.17) is 9.52 Å². The van der Waals surface area contributed by atoms with Gasteiger partial charge in [0.05, 0.1) is 6.04 Å². The van der Waals surface area contributed by atoms with Crippen LogP contribution in [-0.4, -0.2) is 41.5 Å². The Morgan fingerprint density at radius 2 is 1.93 bits per heavy atom. The molecule has 1 aliphatic heterocycles. The van der Waals surface area contributed by atoms with Gasteiger partial charge in [-0.05, 0) is 49.8 Å². The summed E-state index contributed by atoms with van der Waals surface area (Å²) in [5, 5.41) is 12.7. The lowest BCUT2D eigenvalue weighted by Crippen LogP contribution is -2.40. The highest BCUT2D eigenvalue weighted by Gasteiger charge is 2.38. The first kappa shape index (κ1) is 17.3. The summed E-state index contributed by atoms with van der Waals surface area (Å²) in [5.74, 6) is -1.15. The van der Waals surface area contributed by atoms with Gasteiger partial charge >= 0.3 is 5.97 Å². The van der Waals surface area contributed by atoms with Crippen LogP contribution in [0.25, 0.3) is 11.0 Å². The molecule has 1 aliphatic rings. The number of carbonyl (C=O) groups is 2. The molecule has 3 aromatic rings. The van der Waals surface area contributed by atoms with E-state index >= 15 is 0 Å². The Balaban J connectivity index is 1.57. The van der Waals surface area contributed by atoms with Gasteiger partial charge in [0, 0.05) is 17.0 Å². The van der Waals surface area contributed by atoms with E-state index in [9.17, 15) is 9.59 Å². The number of likely N-dealkylation sites (tertiary alicyclic amines) is 1.